The van der Waals surface area contributed by atoms with E-state index in [-0.39, 0.29) is 18.5 Å². The first-order valence-corrected chi connectivity index (χ1v) is 6.82. The van der Waals surface area contributed by atoms with E-state index < -0.39 is 5.97 Å². The minimum atomic E-state index is -0.978. The molecule has 5 heteroatoms. The first-order chi connectivity index (χ1) is 9.58. The van der Waals surface area contributed by atoms with Crippen molar-refractivity contribution >= 4 is 11.9 Å². The van der Waals surface area contributed by atoms with Gasteiger partial charge in [-0.05, 0) is 24.9 Å². The van der Waals surface area contributed by atoms with Crippen LogP contribution in [0.1, 0.15) is 18.4 Å². The van der Waals surface area contributed by atoms with E-state index in [2.05, 4.69) is 4.90 Å². The van der Waals surface area contributed by atoms with Crippen molar-refractivity contribution in [2.24, 2.45) is 0 Å². The fraction of sp³-hybridized carbons (Fsp3) is 0.467. The number of likely N-dealkylation sites (N-methyl/N-ethyl adjacent to an activating group) is 1. The Balaban J connectivity index is 2.00. The van der Waals surface area contributed by atoms with Crippen molar-refractivity contribution in [1.82, 2.24) is 9.80 Å². The fourth-order valence-corrected chi connectivity index (χ4v) is 2.65. The molecule has 0 aromatic heterocycles. The van der Waals surface area contributed by atoms with Crippen LogP contribution in [0.4, 0.5) is 0 Å². The van der Waals surface area contributed by atoms with Gasteiger partial charge in [-0.25, -0.2) is 0 Å². The Labute approximate surface area is 118 Å². The van der Waals surface area contributed by atoms with E-state index in [1.54, 1.807) is 7.05 Å². The number of carbonyl (C=O) groups is 2. The van der Waals surface area contributed by atoms with Gasteiger partial charge in [0.2, 0.25) is 5.91 Å². The Morgan fingerprint density at radius 2 is 2.05 bits per heavy atom. The summed E-state index contributed by atoms with van der Waals surface area (Å²) in [5.74, 6) is -1.07. The molecule has 1 N–H and O–H groups in total. The topological polar surface area (TPSA) is 60.9 Å². The summed E-state index contributed by atoms with van der Waals surface area (Å²) in [5.41, 5.74) is 1.17. The predicted molar refractivity (Wildman–Crippen MR) is 75.1 cm³/mol. The summed E-state index contributed by atoms with van der Waals surface area (Å²) in [5, 5.41) is 8.77. The molecule has 1 fully saturated rings. The van der Waals surface area contributed by atoms with Gasteiger partial charge in [-0.3, -0.25) is 14.5 Å². The monoisotopic (exact) mass is 276 g/mol. The largest absolute Gasteiger partial charge is 0.480 e. The van der Waals surface area contributed by atoms with Crippen LogP contribution in [0.3, 0.4) is 0 Å². The molecule has 1 heterocycles. The van der Waals surface area contributed by atoms with Gasteiger partial charge >= 0.3 is 5.97 Å². The lowest BCUT2D eigenvalue weighted by Gasteiger charge is -2.27. The van der Waals surface area contributed by atoms with E-state index in [9.17, 15) is 9.59 Å². The van der Waals surface area contributed by atoms with Crippen LogP contribution in [0.25, 0.3) is 0 Å². The van der Waals surface area contributed by atoms with Gasteiger partial charge in [0, 0.05) is 13.6 Å². The summed E-state index contributed by atoms with van der Waals surface area (Å²) in [4.78, 5) is 26.4. The summed E-state index contributed by atoms with van der Waals surface area (Å²) in [7, 11) is 1.55. The molecule has 108 valence electrons. The molecule has 0 aliphatic carbocycles. The lowest BCUT2D eigenvalue weighted by molar-refractivity contribution is -0.145. The number of carbonyl (C=O) groups excluding carboxylic acids is 1. The van der Waals surface area contributed by atoms with Crippen LogP contribution in [0.2, 0.25) is 0 Å². The minimum absolute atomic E-state index is 0.0965. The molecule has 1 saturated heterocycles. The Kier molecular flexibility index (Phi) is 4.74. The van der Waals surface area contributed by atoms with Crippen molar-refractivity contribution in [1.29, 1.82) is 0 Å². The predicted octanol–water partition coefficient (Wildman–Crippen LogP) is 1.19. The quantitative estimate of drug-likeness (QED) is 0.877. The number of rotatable bonds is 5. The smallest absolute Gasteiger partial charge is 0.323 e. The summed E-state index contributed by atoms with van der Waals surface area (Å²) in [6.07, 6.45) is 1.78. The fourth-order valence-electron chi connectivity index (χ4n) is 2.65. The normalized spacial score (nSPS) is 18.9. The van der Waals surface area contributed by atoms with E-state index in [0.29, 0.717) is 0 Å². The van der Waals surface area contributed by atoms with Crippen molar-refractivity contribution < 1.29 is 14.7 Å². The molecule has 1 aromatic rings. The van der Waals surface area contributed by atoms with Crippen molar-refractivity contribution in [2.45, 2.75) is 25.4 Å². The maximum Gasteiger partial charge on any atom is 0.323 e. The first kappa shape index (κ1) is 14.5. The second-order valence-corrected chi connectivity index (χ2v) is 5.20. The van der Waals surface area contributed by atoms with Crippen LogP contribution in [-0.2, 0) is 16.1 Å². The lowest BCUT2D eigenvalue weighted by Crippen LogP contribution is -2.45. The molecule has 0 unspecified atom stereocenters. The summed E-state index contributed by atoms with van der Waals surface area (Å²) in [6.45, 7) is 1.37. The van der Waals surface area contributed by atoms with Crippen LogP contribution >= 0.6 is 0 Å². The van der Waals surface area contributed by atoms with Crippen LogP contribution in [0.5, 0.6) is 0 Å². The van der Waals surface area contributed by atoms with Crippen molar-refractivity contribution in [3.8, 4) is 0 Å². The highest BCUT2D eigenvalue weighted by molar-refractivity contribution is 5.85. The van der Waals surface area contributed by atoms with E-state index in [1.165, 1.54) is 10.5 Å². The van der Waals surface area contributed by atoms with E-state index in [0.717, 1.165) is 25.9 Å². The molecule has 20 heavy (non-hydrogen) atoms. The van der Waals surface area contributed by atoms with E-state index in [4.69, 9.17) is 5.11 Å². The number of carboxylic acid groups (broad SMARTS) is 1. The average molecular weight is 276 g/mol. The Hall–Kier alpha value is -1.88. The zero-order valence-corrected chi connectivity index (χ0v) is 11.7. The number of carboxylic acids is 1. The summed E-state index contributed by atoms with van der Waals surface area (Å²) < 4.78 is 0. The number of nitrogens with zero attached hydrogens (tertiary/aromatic N) is 2. The van der Waals surface area contributed by atoms with E-state index in [1.807, 2.05) is 30.3 Å². The number of likely N-dealkylation sites (tertiary alicyclic amines) is 1. The molecule has 0 bridgehead atoms. The highest BCUT2D eigenvalue weighted by Gasteiger charge is 2.32. The molecule has 1 aliphatic rings. The highest BCUT2D eigenvalue weighted by atomic mass is 16.4. The third-order valence-corrected chi connectivity index (χ3v) is 3.63. The van der Waals surface area contributed by atoms with Gasteiger partial charge in [-0.2, -0.15) is 0 Å². The third kappa shape index (κ3) is 3.57. The summed E-state index contributed by atoms with van der Waals surface area (Å²) in [6, 6.07) is 9.83. The first-order valence-electron chi connectivity index (χ1n) is 6.82. The maximum atomic E-state index is 12.3. The maximum absolute atomic E-state index is 12.3. The van der Waals surface area contributed by atoms with Crippen LogP contribution < -0.4 is 0 Å². The average Bonchev–Trinajstić information content (AvgIpc) is 2.86. The van der Waals surface area contributed by atoms with Gasteiger partial charge in [0.1, 0.15) is 6.54 Å². The molecular weight excluding hydrogens is 256 g/mol. The van der Waals surface area contributed by atoms with Gasteiger partial charge < -0.3 is 10.0 Å². The summed E-state index contributed by atoms with van der Waals surface area (Å²) >= 11 is 0. The lowest BCUT2D eigenvalue weighted by atomic mass is 10.1. The molecule has 5 nitrogen and oxygen atoms in total. The van der Waals surface area contributed by atoms with Crippen molar-refractivity contribution in [3.05, 3.63) is 35.9 Å². The number of hydrogen-bond donors (Lipinski definition) is 1. The molecule has 1 amide bonds. The zero-order chi connectivity index (χ0) is 14.5. The van der Waals surface area contributed by atoms with E-state index >= 15 is 0 Å². The molecular formula is C15H20N2O3. The zero-order valence-electron chi connectivity index (χ0n) is 11.7. The molecule has 0 radical (unpaired) electrons. The van der Waals surface area contributed by atoms with Crippen LogP contribution in [0.15, 0.2) is 30.3 Å². The van der Waals surface area contributed by atoms with Gasteiger partial charge in [0.05, 0.1) is 6.04 Å². The Bertz CT molecular complexity index is 475. The number of hydrogen-bond acceptors (Lipinski definition) is 3. The van der Waals surface area contributed by atoms with Gasteiger partial charge in [-0.15, -0.1) is 0 Å². The molecule has 0 spiro atoms. The highest BCUT2D eigenvalue weighted by Crippen LogP contribution is 2.21. The second-order valence-electron chi connectivity index (χ2n) is 5.20. The minimum Gasteiger partial charge on any atom is -0.480 e. The molecule has 1 atom stereocenters. The SMILES string of the molecule is CN(CC(=O)O)C(=O)[C@H]1CCCN1Cc1ccccc1. The second kappa shape index (κ2) is 6.52. The number of aliphatic carboxylic acids is 1. The Morgan fingerprint density at radius 3 is 2.70 bits per heavy atom. The third-order valence-electron chi connectivity index (χ3n) is 3.63. The Morgan fingerprint density at radius 1 is 1.35 bits per heavy atom. The molecule has 2 rings (SSSR count). The van der Waals surface area contributed by atoms with Crippen molar-refractivity contribution in [3.63, 3.8) is 0 Å². The van der Waals surface area contributed by atoms with Crippen LogP contribution in [0, 0.1) is 0 Å². The van der Waals surface area contributed by atoms with Crippen LogP contribution in [-0.4, -0.2) is 53.0 Å². The van der Waals surface area contributed by atoms with Crippen molar-refractivity contribution in [2.75, 3.05) is 20.1 Å². The standard InChI is InChI=1S/C15H20N2O3/c1-16(11-14(18)19)15(20)13-8-5-9-17(13)10-12-6-3-2-4-7-12/h2-4,6-7,13H,5,8-11H2,1H3,(H,18,19)/t13-/m1/s1. The molecule has 1 aromatic carbocycles. The number of benzene rings is 1. The van der Waals surface area contributed by atoms with Gasteiger partial charge in [0.25, 0.3) is 0 Å². The number of amides is 1. The molecule has 0 saturated carbocycles. The van der Waals surface area contributed by atoms with Gasteiger partial charge in [-0.1, -0.05) is 30.3 Å². The molecule has 1 aliphatic heterocycles. The van der Waals surface area contributed by atoms with Gasteiger partial charge in [0.15, 0.2) is 0 Å².